The van der Waals surface area contributed by atoms with Gasteiger partial charge in [-0.1, -0.05) is 6.07 Å². The van der Waals surface area contributed by atoms with Gasteiger partial charge < -0.3 is 10.6 Å². The van der Waals surface area contributed by atoms with Crippen molar-refractivity contribution in [2.24, 2.45) is 0 Å². The quantitative estimate of drug-likeness (QED) is 0.902. The standard InChI is InChI=1S/C16H17N3O2/c1-11-5-6-14(8-12(11)2)19-15(20)10-18-16(21)13-4-3-7-17-9-13/h3-9H,10H2,1-2H3,(H,18,21)(H,19,20). The number of rotatable bonds is 4. The van der Waals surface area contributed by atoms with Crippen LogP contribution in [0, 0.1) is 13.8 Å². The Hall–Kier alpha value is -2.69. The lowest BCUT2D eigenvalue weighted by molar-refractivity contribution is -0.115. The Kier molecular flexibility index (Phi) is 4.66. The summed E-state index contributed by atoms with van der Waals surface area (Å²) < 4.78 is 0. The second kappa shape index (κ2) is 6.65. The van der Waals surface area contributed by atoms with Crippen molar-refractivity contribution in [3.63, 3.8) is 0 Å². The smallest absolute Gasteiger partial charge is 0.253 e. The molecule has 0 spiro atoms. The van der Waals surface area contributed by atoms with E-state index in [9.17, 15) is 9.59 Å². The van der Waals surface area contributed by atoms with Crippen LogP contribution in [-0.4, -0.2) is 23.3 Å². The highest BCUT2D eigenvalue weighted by molar-refractivity contribution is 5.99. The number of aromatic nitrogens is 1. The van der Waals surface area contributed by atoms with Crippen LogP contribution >= 0.6 is 0 Å². The number of nitrogens with one attached hydrogen (secondary N) is 2. The highest BCUT2D eigenvalue weighted by atomic mass is 16.2. The minimum atomic E-state index is -0.321. The Balaban J connectivity index is 1.87. The van der Waals surface area contributed by atoms with Crippen molar-refractivity contribution in [2.45, 2.75) is 13.8 Å². The number of hydrogen-bond donors (Lipinski definition) is 2. The van der Waals surface area contributed by atoms with Gasteiger partial charge in [-0.3, -0.25) is 14.6 Å². The van der Waals surface area contributed by atoms with Crippen LogP contribution < -0.4 is 10.6 Å². The number of carbonyl (C=O) groups is 2. The summed E-state index contributed by atoms with van der Waals surface area (Å²) in [5.41, 5.74) is 3.42. The van der Waals surface area contributed by atoms with E-state index >= 15 is 0 Å². The van der Waals surface area contributed by atoms with Gasteiger partial charge in [0.05, 0.1) is 12.1 Å². The first-order valence-electron chi connectivity index (χ1n) is 6.61. The van der Waals surface area contributed by atoms with Crippen LogP contribution in [0.1, 0.15) is 21.5 Å². The van der Waals surface area contributed by atoms with Gasteiger partial charge in [0.25, 0.3) is 5.91 Å². The van der Waals surface area contributed by atoms with Crippen LogP contribution in [0.4, 0.5) is 5.69 Å². The van der Waals surface area contributed by atoms with Crippen LogP contribution in [0.5, 0.6) is 0 Å². The van der Waals surface area contributed by atoms with Crippen LogP contribution in [0.15, 0.2) is 42.7 Å². The second-order valence-corrected chi connectivity index (χ2v) is 4.77. The summed E-state index contributed by atoms with van der Waals surface area (Å²) in [5.74, 6) is -0.589. The molecule has 0 radical (unpaired) electrons. The fraction of sp³-hybridized carbons (Fsp3) is 0.188. The molecular weight excluding hydrogens is 266 g/mol. The molecule has 2 N–H and O–H groups in total. The predicted molar refractivity (Wildman–Crippen MR) is 81.1 cm³/mol. The zero-order chi connectivity index (χ0) is 15.2. The largest absolute Gasteiger partial charge is 0.343 e. The SMILES string of the molecule is Cc1ccc(NC(=O)CNC(=O)c2cccnc2)cc1C. The van der Waals surface area contributed by atoms with Gasteiger partial charge in [0.1, 0.15) is 0 Å². The van der Waals surface area contributed by atoms with E-state index < -0.39 is 0 Å². The molecular formula is C16H17N3O2. The Morgan fingerprint density at radius 3 is 2.62 bits per heavy atom. The summed E-state index contributed by atoms with van der Waals surface area (Å²) in [4.78, 5) is 27.4. The lowest BCUT2D eigenvalue weighted by Gasteiger charge is -2.08. The maximum Gasteiger partial charge on any atom is 0.253 e. The van der Waals surface area contributed by atoms with Crippen LogP contribution in [0.25, 0.3) is 0 Å². The molecule has 0 saturated carbocycles. The number of pyridine rings is 1. The van der Waals surface area contributed by atoms with Gasteiger partial charge in [-0.25, -0.2) is 0 Å². The normalized spacial score (nSPS) is 10.0. The molecule has 21 heavy (non-hydrogen) atoms. The van der Waals surface area contributed by atoms with Crippen LogP contribution in [0.3, 0.4) is 0 Å². The molecule has 0 atom stereocenters. The molecule has 0 bridgehead atoms. The van der Waals surface area contributed by atoms with E-state index in [-0.39, 0.29) is 18.4 Å². The Morgan fingerprint density at radius 2 is 1.95 bits per heavy atom. The minimum absolute atomic E-state index is 0.0827. The Morgan fingerprint density at radius 1 is 1.14 bits per heavy atom. The number of aryl methyl sites for hydroxylation is 2. The molecule has 0 aliphatic rings. The monoisotopic (exact) mass is 283 g/mol. The van der Waals surface area contributed by atoms with Crippen molar-refractivity contribution >= 4 is 17.5 Å². The summed E-state index contributed by atoms with van der Waals surface area (Å²) in [6.45, 7) is 3.91. The summed E-state index contributed by atoms with van der Waals surface area (Å²) in [6.07, 6.45) is 3.04. The average Bonchev–Trinajstić information content (AvgIpc) is 2.49. The molecule has 2 amide bonds. The average molecular weight is 283 g/mol. The molecule has 1 aromatic heterocycles. The molecule has 5 heteroatoms. The highest BCUT2D eigenvalue weighted by Gasteiger charge is 2.08. The van der Waals surface area contributed by atoms with Gasteiger partial charge in [0.2, 0.25) is 5.91 Å². The van der Waals surface area contributed by atoms with E-state index in [1.165, 1.54) is 6.20 Å². The molecule has 0 aliphatic carbocycles. The number of hydrogen-bond acceptors (Lipinski definition) is 3. The van der Waals surface area contributed by atoms with Gasteiger partial charge >= 0.3 is 0 Å². The number of anilines is 1. The van der Waals surface area contributed by atoms with Crippen molar-refractivity contribution in [2.75, 3.05) is 11.9 Å². The Bertz CT molecular complexity index is 654. The van der Waals surface area contributed by atoms with Crippen LogP contribution in [0.2, 0.25) is 0 Å². The van der Waals surface area contributed by atoms with Crippen molar-refractivity contribution in [1.82, 2.24) is 10.3 Å². The lowest BCUT2D eigenvalue weighted by Crippen LogP contribution is -2.32. The molecule has 0 saturated heterocycles. The van der Waals surface area contributed by atoms with E-state index in [1.54, 1.807) is 18.3 Å². The van der Waals surface area contributed by atoms with Crippen molar-refractivity contribution in [3.05, 3.63) is 59.4 Å². The maximum absolute atomic E-state index is 11.8. The Labute approximate surface area is 123 Å². The summed E-state index contributed by atoms with van der Waals surface area (Å²) >= 11 is 0. The zero-order valence-electron chi connectivity index (χ0n) is 12.0. The number of amides is 2. The van der Waals surface area contributed by atoms with E-state index in [0.29, 0.717) is 5.56 Å². The summed E-state index contributed by atoms with van der Waals surface area (Å²) in [7, 11) is 0. The second-order valence-electron chi connectivity index (χ2n) is 4.77. The molecule has 5 nitrogen and oxygen atoms in total. The molecule has 1 heterocycles. The van der Waals surface area contributed by atoms with E-state index in [4.69, 9.17) is 0 Å². The highest BCUT2D eigenvalue weighted by Crippen LogP contribution is 2.13. The molecule has 2 rings (SSSR count). The first kappa shape index (κ1) is 14.7. The molecule has 1 aromatic carbocycles. The topological polar surface area (TPSA) is 71.1 Å². The fourth-order valence-corrected chi connectivity index (χ4v) is 1.78. The summed E-state index contributed by atoms with van der Waals surface area (Å²) in [5, 5.41) is 5.30. The fourth-order valence-electron chi connectivity index (χ4n) is 1.78. The number of benzene rings is 1. The number of nitrogens with zero attached hydrogens (tertiary/aromatic N) is 1. The van der Waals surface area contributed by atoms with E-state index in [1.807, 2.05) is 32.0 Å². The van der Waals surface area contributed by atoms with Crippen molar-refractivity contribution in [1.29, 1.82) is 0 Å². The third-order valence-corrected chi connectivity index (χ3v) is 3.12. The van der Waals surface area contributed by atoms with Crippen molar-refractivity contribution in [3.8, 4) is 0 Å². The maximum atomic E-state index is 11.8. The first-order valence-corrected chi connectivity index (χ1v) is 6.61. The molecule has 0 unspecified atom stereocenters. The predicted octanol–water partition coefficient (Wildman–Crippen LogP) is 2.07. The lowest BCUT2D eigenvalue weighted by atomic mass is 10.1. The molecule has 0 fully saturated rings. The minimum Gasteiger partial charge on any atom is -0.343 e. The van der Waals surface area contributed by atoms with Gasteiger partial charge in [-0.15, -0.1) is 0 Å². The van der Waals surface area contributed by atoms with Gasteiger partial charge in [0.15, 0.2) is 0 Å². The third-order valence-electron chi connectivity index (χ3n) is 3.12. The molecule has 2 aromatic rings. The van der Waals surface area contributed by atoms with E-state index in [0.717, 1.165) is 16.8 Å². The molecule has 108 valence electrons. The third kappa shape index (κ3) is 4.14. The van der Waals surface area contributed by atoms with E-state index in [2.05, 4.69) is 15.6 Å². The molecule has 0 aliphatic heterocycles. The van der Waals surface area contributed by atoms with Gasteiger partial charge in [-0.05, 0) is 49.2 Å². The zero-order valence-corrected chi connectivity index (χ0v) is 12.0. The van der Waals surface area contributed by atoms with Gasteiger partial charge in [-0.2, -0.15) is 0 Å². The summed E-state index contributed by atoms with van der Waals surface area (Å²) in [6, 6.07) is 8.99. The number of carbonyl (C=O) groups excluding carboxylic acids is 2. The van der Waals surface area contributed by atoms with Gasteiger partial charge in [0, 0.05) is 18.1 Å². The first-order chi connectivity index (χ1) is 10.1. The van der Waals surface area contributed by atoms with Crippen molar-refractivity contribution < 1.29 is 9.59 Å². The van der Waals surface area contributed by atoms with Crippen LogP contribution in [-0.2, 0) is 4.79 Å².